The van der Waals surface area contributed by atoms with Crippen molar-refractivity contribution >= 4 is 5.91 Å². The second-order valence-corrected chi connectivity index (χ2v) is 4.53. The first kappa shape index (κ1) is 14.8. The number of carbonyl (C=O) groups is 1. The molecule has 0 bridgehead atoms. The van der Waals surface area contributed by atoms with E-state index in [0.29, 0.717) is 0 Å². The van der Waals surface area contributed by atoms with E-state index in [1.807, 2.05) is 19.1 Å². The summed E-state index contributed by atoms with van der Waals surface area (Å²) in [5.74, 6) is 1.01. The summed E-state index contributed by atoms with van der Waals surface area (Å²) < 4.78 is 5.23. The Labute approximate surface area is 109 Å². The van der Waals surface area contributed by atoms with Gasteiger partial charge in [0.15, 0.2) is 0 Å². The highest BCUT2D eigenvalue weighted by Crippen LogP contribution is 2.00. The van der Waals surface area contributed by atoms with Crippen molar-refractivity contribution in [2.75, 3.05) is 6.54 Å². The molecule has 4 nitrogen and oxygen atoms in total. The molecule has 4 heteroatoms. The number of rotatable bonds is 8. The van der Waals surface area contributed by atoms with Crippen LogP contribution in [0.25, 0.3) is 0 Å². The lowest BCUT2D eigenvalue weighted by atomic mass is 10.1. The van der Waals surface area contributed by atoms with Crippen LogP contribution in [0.4, 0.5) is 0 Å². The van der Waals surface area contributed by atoms with Gasteiger partial charge in [-0.15, -0.1) is 0 Å². The van der Waals surface area contributed by atoms with Gasteiger partial charge in [0.05, 0.1) is 12.3 Å². The molecule has 0 radical (unpaired) electrons. The Balaban J connectivity index is 2.23. The summed E-state index contributed by atoms with van der Waals surface area (Å²) in [6, 6.07) is 3.93. The summed E-state index contributed by atoms with van der Waals surface area (Å²) in [5, 5.41) is 6.24. The number of amides is 1. The molecule has 18 heavy (non-hydrogen) atoms. The van der Waals surface area contributed by atoms with Crippen LogP contribution in [0.2, 0.25) is 0 Å². The van der Waals surface area contributed by atoms with Gasteiger partial charge in [-0.2, -0.15) is 0 Å². The average Bonchev–Trinajstić information content (AvgIpc) is 2.88. The first-order valence-electron chi connectivity index (χ1n) is 6.73. The minimum absolute atomic E-state index is 0.0724. The fourth-order valence-electron chi connectivity index (χ4n) is 1.78. The van der Waals surface area contributed by atoms with Crippen LogP contribution in [0, 0.1) is 0 Å². The zero-order chi connectivity index (χ0) is 13.4. The Kier molecular flexibility index (Phi) is 6.50. The van der Waals surface area contributed by atoms with E-state index >= 15 is 0 Å². The molecule has 0 fully saturated rings. The van der Waals surface area contributed by atoms with Crippen LogP contribution in [0.1, 0.15) is 39.4 Å². The van der Waals surface area contributed by atoms with Crippen molar-refractivity contribution in [2.45, 2.75) is 52.1 Å². The Morgan fingerprint density at radius 1 is 1.39 bits per heavy atom. The van der Waals surface area contributed by atoms with Crippen molar-refractivity contribution in [2.24, 2.45) is 0 Å². The first-order valence-corrected chi connectivity index (χ1v) is 6.73. The molecule has 0 aromatic carbocycles. The van der Waals surface area contributed by atoms with Gasteiger partial charge in [0.25, 0.3) is 0 Å². The lowest BCUT2D eigenvalue weighted by molar-refractivity contribution is -0.123. The summed E-state index contributed by atoms with van der Waals surface area (Å²) in [7, 11) is 0. The standard InChI is InChI=1S/C14H24N2O2/c1-4-12(5-2)16-14(17)11(3)15-9-8-13-7-6-10-18-13/h6-7,10-12,15H,4-5,8-9H2,1-3H3,(H,16,17). The molecule has 1 rings (SSSR count). The summed E-state index contributed by atoms with van der Waals surface area (Å²) in [6.45, 7) is 6.80. The van der Waals surface area contributed by atoms with E-state index in [0.717, 1.165) is 31.6 Å². The molecule has 0 aliphatic heterocycles. The molecule has 1 unspecified atom stereocenters. The van der Waals surface area contributed by atoms with Crippen LogP contribution >= 0.6 is 0 Å². The van der Waals surface area contributed by atoms with E-state index in [4.69, 9.17) is 4.42 Å². The molecule has 0 aliphatic rings. The lowest BCUT2D eigenvalue weighted by Crippen LogP contribution is -2.46. The topological polar surface area (TPSA) is 54.3 Å². The number of carbonyl (C=O) groups excluding carboxylic acids is 1. The summed E-state index contributed by atoms with van der Waals surface area (Å²) in [6.07, 6.45) is 4.41. The van der Waals surface area contributed by atoms with Gasteiger partial charge in [-0.05, 0) is 31.9 Å². The lowest BCUT2D eigenvalue weighted by Gasteiger charge is -2.19. The maximum Gasteiger partial charge on any atom is 0.237 e. The fraction of sp³-hybridized carbons (Fsp3) is 0.643. The van der Waals surface area contributed by atoms with Crippen molar-refractivity contribution < 1.29 is 9.21 Å². The minimum atomic E-state index is -0.166. The molecule has 1 heterocycles. The Bertz CT molecular complexity index is 332. The summed E-state index contributed by atoms with van der Waals surface area (Å²) >= 11 is 0. The van der Waals surface area contributed by atoms with Gasteiger partial charge in [0.2, 0.25) is 5.91 Å². The molecule has 1 aromatic heterocycles. The van der Waals surface area contributed by atoms with E-state index in [1.54, 1.807) is 6.26 Å². The fourth-order valence-corrected chi connectivity index (χ4v) is 1.78. The minimum Gasteiger partial charge on any atom is -0.469 e. The Morgan fingerprint density at radius 2 is 2.11 bits per heavy atom. The highest BCUT2D eigenvalue weighted by Gasteiger charge is 2.14. The number of furan rings is 1. The van der Waals surface area contributed by atoms with Crippen LogP contribution in [-0.2, 0) is 11.2 Å². The predicted octanol–water partition coefficient (Wildman–Crippen LogP) is 2.10. The summed E-state index contributed by atoms with van der Waals surface area (Å²) in [5.41, 5.74) is 0. The van der Waals surface area contributed by atoms with Crippen molar-refractivity contribution in [1.29, 1.82) is 0 Å². The quantitative estimate of drug-likeness (QED) is 0.745. The molecular weight excluding hydrogens is 228 g/mol. The molecular formula is C14H24N2O2. The zero-order valence-corrected chi connectivity index (χ0v) is 11.5. The molecule has 2 N–H and O–H groups in total. The zero-order valence-electron chi connectivity index (χ0n) is 11.5. The van der Waals surface area contributed by atoms with Gasteiger partial charge >= 0.3 is 0 Å². The van der Waals surface area contributed by atoms with Crippen molar-refractivity contribution in [3.05, 3.63) is 24.2 Å². The molecule has 102 valence electrons. The van der Waals surface area contributed by atoms with Gasteiger partial charge in [-0.3, -0.25) is 4.79 Å². The van der Waals surface area contributed by atoms with Crippen molar-refractivity contribution in [3.8, 4) is 0 Å². The van der Waals surface area contributed by atoms with Gasteiger partial charge in [-0.1, -0.05) is 13.8 Å². The molecule has 0 aliphatic carbocycles. The van der Waals surface area contributed by atoms with E-state index in [9.17, 15) is 4.79 Å². The van der Waals surface area contributed by atoms with Gasteiger partial charge < -0.3 is 15.1 Å². The smallest absolute Gasteiger partial charge is 0.237 e. The van der Waals surface area contributed by atoms with E-state index < -0.39 is 0 Å². The third-order valence-electron chi connectivity index (χ3n) is 3.13. The number of nitrogens with one attached hydrogen (secondary N) is 2. The molecule has 0 saturated carbocycles. The highest BCUT2D eigenvalue weighted by molar-refractivity contribution is 5.81. The maximum atomic E-state index is 11.9. The van der Waals surface area contributed by atoms with E-state index in [1.165, 1.54) is 0 Å². The monoisotopic (exact) mass is 252 g/mol. The maximum absolute atomic E-state index is 11.9. The second-order valence-electron chi connectivity index (χ2n) is 4.53. The second kappa shape index (κ2) is 7.93. The third-order valence-corrected chi connectivity index (χ3v) is 3.13. The highest BCUT2D eigenvalue weighted by atomic mass is 16.3. The van der Waals surface area contributed by atoms with Crippen molar-refractivity contribution in [1.82, 2.24) is 10.6 Å². The normalized spacial score (nSPS) is 12.7. The average molecular weight is 252 g/mol. The van der Waals surface area contributed by atoms with Crippen LogP contribution in [0.3, 0.4) is 0 Å². The SMILES string of the molecule is CCC(CC)NC(=O)C(C)NCCc1ccco1. The first-order chi connectivity index (χ1) is 8.67. The van der Waals surface area contributed by atoms with Gasteiger partial charge in [0, 0.05) is 19.0 Å². The van der Waals surface area contributed by atoms with Gasteiger partial charge in [-0.25, -0.2) is 0 Å². The number of hydrogen-bond acceptors (Lipinski definition) is 3. The predicted molar refractivity (Wildman–Crippen MR) is 72.4 cm³/mol. The molecule has 1 aromatic rings. The third kappa shape index (κ3) is 4.92. The van der Waals surface area contributed by atoms with Gasteiger partial charge in [0.1, 0.15) is 5.76 Å². The summed E-state index contributed by atoms with van der Waals surface area (Å²) in [4.78, 5) is 11.9. The molecule has 0 saturated heterocycles. The van der Waals surface area contributed by atoms with Crippen molar-refractivity contribution in [3.63, 3.8) is 0 Å². The van der Waals surface area contributed by atoms with Crippen LogP contribution in [0.5, 0.6) is 0 Å². The van der Waals surface area contributed by atoms with Crippen LogP contribution in [0.15, 0.2) is 22.8 Å². The van der Waals surface area contributed by atoms with Crippen LogP contribution in [-0.4, -0.2) is 24.5 Å². The molecule has 1 amide bonds. The number of hydrogen-bond donors (Lipinski definition) is 2. The van der Waals surface area contributed by atoms with E-state index in [2.05, 4.69) is 24.5 Å². The largest absolute Gasteiger partial charge is 0.469 e. The Morgan fingerprint density at radius 3 is 2.67 bits per heavy atom. The molecule has 0 spiro atoms. The Hall–Kier alpha value is -1.29. The van der Waals surface area contributed by atoms with E-state index in [-0.39, 0.29) is 18.0 Å². The van der Waals surface area contributed by atoms with Crippen LogP contribution < -0.4 is 10.6 Å². The molecule has 1 atom stereocenters.